The predicted octanol–water partition coefficient (Wildman–Crippen LogP) is 2.66. The maximum Gasteiger partial charge on any atom is 0.150 e. The number of carbonyl (C=O) groups excluding carboxylic acids is 1. The Labute approximate surface area is 97.3 Å². The molecule has 0 saturated carbocycles. The van der Waals surface area contributed by atoms with E-state index in [0.717, 1.165) is 36.1 Å². The topological polar surface area (TPSA) is 20.3 Å². The number of hydrogen-bond donors (Lipinski definition) is 0. The number of benzene rings is 1. The molecule has 0 aliphatic carbocycles. The van der Waals surface area contributed by atoms with Crippen LogP contribution in [0.4, 0.5) is 5.69 Å². The first kappa shape index (κ1) is 12.3. The zero-order valence-electron chi connectivity index (χ0n) is 9.86. The highest BCUT2D eigenvalue weighted by atomic mass is 16.1. The summed E-state index contributed by atoms with van der Waals surface area (Å²) in [5.41, 5.74) is 2.81. The van der Waals surface area contributed by atoms with Gasteiger partial charge >= 0.3 is 0 Å². The molecule has 2 heteroatoms. The average Bonchev–Trinajstić information content (AvgIpc) is 2.28. The van der Waals surface area contributed by atoms with Crippen molar-refractivity contribution in [3.63, 3.8) is 0 Å². The van der Waals surface area contributed by atoms with Gasteiger partial charge in [-0.15, -0.1) is 6.42 Å². The first-order valence-corrected chi connectivity index (χ1v) is 5.47. The number of hydrogen-bond acceptors (Lipinski definition) is 2. The molecule has 0 saturated heterocycles. The average molecular weight is 215 g/mol. The fourth-order valence-electron chi connectivity index (χ4n) is 1.67. The summed E-state index contributed by atoms with van der Waals surface area (Å²) in [6.45, 7) is 5.60. The van der Waals surface area contributed by atoms with E-state index in [2.05, 4.69) is 17.7 Å². The highest BCUT2D eigenvalue weighted by Crippen LogP contribution is 2.18. The van der Waals surface area contributed by atoms with Crippen molar-refractivity contribution in [3.05, 3.63) is 29.3 Å². The molecule has 1 aromatic rings. The van der Waals surface area contributed by atoms with Crippen molar-refractivity contribution >= 4 is 12.0 Å². The largest absolute Gasteiger partial charge is 0.360 e. The molecule has 16 heavy (non-hydrogen) atoms. The molecule has 0 fully saturated rings. The second kappa shape index (κ2) is 5.97. The second-order valence-electron chi connectivity index (χ2n) is 3.78. The molecular weight excluding hydrogens is 198 g/mol. The molecule has 0 unspecified atom stereocenters. The molecule has 0 aliphatic rings. The third kappa shape index (κ3) is 2.87. The van der Waals surface area contributed by atoms with Crippen molar-refractivity contribution in [2.45, 2.75) is 20.3 Å². The zero-order valence-corrected chi connectivity index (χ0v) is 9.86. The lowest BCUT2D eigenvalue weighted by atomic mass is 10.1. The minimum atomic E-state index is 0.605. The molecular formula is C14H17NO. The van der Waals surface area contributed by atoms with E-state index in [4.69, 9.17) is 6.42 Å². The minimum absolute atomic E-state index is 0.605. The third-order valence-corrected chi connectivity index (χ3v) is 2.52. The Kier molecular flexibility index (Phi) is 4.60. The van der Waals surface area contributed by atoms with Gasteiger partial charge in [-0.05, 0) is 37.1 Å². The molecule has 0 heterocycles. The Morgan fingerprint density at radius 1 is 1.50 bits per heavy atom. The summed E-state index contributed by atoms with van der Waals surface area (Å²) in [7, 11) is 0. The van der Waals surface area contributed by atoms with Crippen LogP contribution in [-0.2, 0) is 0 Å². The van der Waals surface area contributed by atoms with Gasteiger partial charge in [-0.25, -0.2) is 0 Å². The molecule has 0 spiro atoms. The third-order valence-electron chi connectivity index (χ3n) is 2.52. The van der Waals surface area contributed by atoms with E-state index in [1.807, 2.05) is 25.1 Å². The Hall–Kier alpha value is -1.75. The SMILES string of the molecule is C#CCN(CCC)c1ccc(C=O)c(C)c1. The Morgan fingerprint density at radius 2 is 2.25 bits per heavy atom. The maximum atomic E-state index is 10.7. The fraction of sp³-hybridized carbons (Fsp3) is 0.357. The summed E-state index contributed by atoms with van der Waals surface area (Å²) in [6.07, 6.45) is 7.27. The van der Waals surface area contributed by atoms with Gasteiger partial charge in [0.2, 0.25) is 0 Å². The van der Waals surface area contributed by atoms with Gasteiger partial charge in [0.25, 0.3) is 0 Å². The smallest absolute Gasteiger partial charge is 0.150 e. The van der Waals surface area contributed by atoms with Gasteiger partial charge in [0.1, 0.15) is 6.29 Å². The van der Waals surface area contributed by atoms with E-state index in [1.54, 1.807) is 0 Å². The highest BCUT2D eigenvalue weighted by molar-refractivity contribution is 5.78. The van der Waals surface area contributed by atoms with Gasteiger partial charge in [-0.3, -0.25) is 4.79 Å². The summed E-state index contributed by atoms with van der Waals surface area (Å²) in [5.74, 6) is 2.66. The predicted molar refractivity (Wildman–Crippen MR) is 67.9 cm³/mol. The molecule has 0 aliphatic heterocycles. The Bertz CT molecular complexity index is 404. The number of carbonyl (C=O) groups is 1. The van der Waals surface area contributed by atoms with E-state index in [0.29, 0.717) is 6.54 Å². The number of terminal acetylenes is 1. The fourth-order valence-corrected chi connectivity index (χ4v) is 1.67. The van der Waals surface area contributed by atoms with Crippen LogP contribution in [0.25, 0.3) is 0 Å². The van der Waals surface area contributed by atoms with Crippen LogP contribution in [-0.4, -0.2) is 19.4 Å². The standard InChI is InChI=1S/C14H17NO/c1-4-8-15(9-5-2)14-7-6-13(11-16)12(3)10-14/h1,6-7,10-11H,5,8-9H2,2-3H3. The molecule has 2 nitrogen and oxygen atoms in total. The maximum absolute atomic E-state index is 10.7. The van der Waals surface area contributed by atoms with E-state index < -0.39 is 0 Å². The number of aryl methyl sites for hydroxylation is 1. The summed E-state index contributed by atoms with van der Waals surface area (Å²) in [4.78, 5) is 12.9. The van der Waals surface area contributed by atoms with Gasteiger partial charge in [0, 0.05) is 17.8 Å². The molecule has 0 amide bonds. The normalized spacial score (nSPS) is 9.56. The zero-order chi connectivity index (χ0) is 12.0. The van der Waals surface area contributed by atoms with Crippen LogP contribution in [0.3, 0.4) is 0 Å². The number of rotatable bonds is 5. The van der Waals surface area contributed by atoms with E-state index in [-0.39, 0.29) is 0 Å². The molecule has 0 aromatic heterocycles. The second-order valence-corrected chi connectivity index (χ2v) is 3.78. The molecule has 0 atom stereocenters. The summed E-state index contributed by atoms with van der Waals surface area (Å²) in [6, 6.07) is 5.80. The molecule has 1 rings (SSSR count). The van der Waals surface area contributed by atoms with Crippen molar-refractivity contribution in [1.82, 2.24) is 0 Å². The lowest BCUT2D eigenvalue weighted by molar-refractivity contribution is 0.112. The van der Waals surface area contributed by atoms with Crippen molar-refractivity contribution in [2.75, 3.05) is 18.0 Å². The lowest BCUT2D eigenvalue weighted by Crippen LogP contribution is -2.24. The van der Waals surface area contributed by atoms with Crippen LogP contribution in [0.1, 0.15) is 29.3 Å². The van der Waals surface area contributed by atoms with Crippen LogP contribution >= 0.6 is 0 Å². The van der Waals surface area contributed by atoms with Gasteiger partial charge in [-0.1, -0.05) is 12.8 Å². The first-order chi connectivity index (χ1) is 7.72. The number of anilines is 1. The molecule has 0 bridgehead atoms. The lowest BCUT2D eigenvalue weighted by Gasteiger charge is -2.22. The van der Waals surface area contributed by atoms with Crippen LogP contribution in [0.15, 0.2) is 18.2 Å². The molecule has 0 N–H and O–H groups in total. The van der Waals surface area contributed by atoms with Crippen LogP contribution in [0.2, 0.25) is 0 Å². The summed E-state index contributed by atoms with van der Waals surface area (Å²) >= 11 is 0. The van der Waals surface area contributed by atoms with Crippen molar-refractivity contribution in [3.8, 4) is 12.3 Å². The van der Waals surface area contributed by atoms with E-state index >= 15 is 0 Å². The van der Waals surface area contributed by atoms with Crippen LogP contribution in [0, 0.1) is 19.3 Å². The van der Waals surface area contributed by atoms with Gasteiger partial charge < -0.3 is 4.90 Å². The van der Waals surface area contributed by atoms with Gasteiger partial charge in [0.05, 0.1) is 6.54 Å². The van der Waals surface area contributed by atoms with Crippen molar-refractivity contribution < 1.29 is 4.79 Å². The van der Waals surface area contributed by atoms with Gasteiger partial charge in [-0.2, -0.15) is 0 Å². The van der Waals surface area contributed by atoms with Crippen LogP contribution < -0.4 is 4.90 Å². The highest BCUT2D eigenvalue weighted by Gasteiger charge is 2.05. The monoisotopic (exact) mass is 215 g/mol. The minimum Gasteiger partial charge on any atom is -0.360 e. The van der Waals surface area contributed by atoms with Crippen molar-refractivity contribution in [2.24, 2.45) is 0 Å². The molecule has 0 radical (unpaired) electrons. The van der Waals surface area contributed by atoms with Crippen LogP contribution in [0.5, 0.6) is 0 Å². The Morgan fingerprint density at radius 3 is 2.75 bits per heavy atom. The molecule has 84 valence electrons. The van der Waals surface area contributed by atoms with E-state index in [1.165, 1.54) is 0 Å². The number of nitrogens with zero attached hydrogens (tertiary/aromatic N) is 1. The van der Waals surface area contributed by atoms with Gasteiger partial charge in [0.15, 0.2) is 0 Å². The van der Waals surface area contributed by atoms with E-state index in [9.17, 15) is 4.79 Å². The summed E-state index contributed by atoms with van der Waals surface area (Å²) in [5, 5.41) is 0. The number of aldehydes is 1. The molecule has 1 aromatic carbocycles. The Balaban J connectivity index is 2.97. The first-order valence-electron chi connectivity index (χ1n) is 5.47. The van der Waals surface area contributed by atoms with Crippen molar-refractivity contribution in [1.29, 1.82) is 0 Å². The quantitative estimate of drug-likeness (QED) is 0.556. The summed E-state index contributed by atoms with van der Waals surface area (Å²) < 4.78 is 0.